The largest absolute Gasteiger partial charge is 0.480 e. The lowest BCUT2D eigenvalue weighted by Crippen LogP contribution is -2.50. The molecule has 3 amide bonds. The molecule has 1 aliphatic heterocycles. The zero-order valence-corrected chi connectivity index (χ0v) is 26.8. The Kier molecular flexibility index (Phi) is 11.5. The van der Waals surface area contributed by atoms with Gasteiger partial charge >= 0.3 is 12.0 Å². The molecule has 4 unspecified atom stereocenters. The van der Waals surface area contributed by atoms with Gasteiger partial charge in [-0.2, -0.15) is 4.72 Å². The molecule has 0 bridgehead atoms. The molecule has 45 heavy (non-hydrogen) atoms. The average Bonchev–Trinajstić information content (AvgIpc) is 3.42. The predicted molar refractivity (Wildman–Crippen MR) is 167 cm³/mol. The number of likely N-dealkylation sites (tertiary alicyclic amines) is 1. The summed E-state index contributed by atoms with van der Waals surface area (Å²) in [4.78, 5) is 44.0. The third-order valence-corrected chi connectivity index (χ3v) is 10.1. The number of hydrogen-bond donors (Lipinski definition) is 5. The first-order valence-electron chi connectivity index (χ1n) is 15.3. The Morgan fingerprint density at radius 3 is 2.42 bits per heavy atom. The van der Waals surface area contributed by atoms with Crippen molar-refractivity contribution >= 4 is 27.9 Å². The maximum atomic E-state index is 13.4. The number of benzene rings is 1. The number of urea groups is 1. The Labute approximate surface area is 264 Å². The van der Waals surface area contributed by atoms with Gasteiger partial charge in [0.1, 0.15) is 12.6 Å². The highest BCUT2D eigenvalue weighted by atomic mass is 32.2. The van der Waals surface area contributed by atoms with Crippen LogP contribution in [0.5, 0.6) is 0 Å². The van der Waals surface area contributed by atoms with Gasteiger partial charge in [0.15, 0.2) is 0 Å². The SMILES string of the molecule is Cc1cc(C)c(S(=O)(=O)NC(CNC(=O)COC2CC(C(N)c3ccccn3)N(C(=O)NC3CCCCC3)C2)C(=O)O)c(C)c1. The lowest BCUT2D eigenvalue weighted by molar-refractivity contribution is -0.139. The predicted octanol–water partition coefficient (Wildman–Crippen LogP) is 2.06. The second kappa shape index (κ2) is 15.1. The number of carbonyl (C=O) groups excluding carboxylic acids is 2. The molecule has 2 fully saturated rings. The van der Waals surface area contributed by atoms with E-state index in [1.54, 1.807) is 49.2 Å². The van der Waals surface area contributed by atoms with Crippen LogP contribution in [0.2, 0.25) is 0 Å². The highest BCUT2D eigenvalue weighted by molar-refractivity contribution is 7.89. The molecule has 13 nitrogen and oxygen atoms in total. The Hall–Kier alpha value is -3.59. The van der Waals surface area contributed by atoms with Crippen LogP contribution in [0.3, 0.4) is 0 Å². The van der Waals surface area contributed by atoms with Crippen LogP contribution in [0.15, 0.2) is 41.4 Å². The van der Waals surface area contributed by atoms with Crippen LogP contribution < -0.4 is 21.1 Å². The molecule has 1 aromatic heterocycles. The molecule has 2 aromatic rings. The molecule has 14 heteroatoms. The molecule has 1 aromatic carbocycles. The summed E-state index contributed by atoms with van der Waals surface area (Å²) in [6.45, 7) is 4.43. The van der Waals surface area contributed by atoms with Crippen molar-refractivity contribution in [1.82, 2.24) is 25.2 Å². The molecule has 1 saturated carbocycles. The fourth-order valence-electron chi connectivity index (χ4n) is 6.27. The van der Waals surface area contributed by atoms with E-state index in [9.17, 15) is 27.9 Å². The maximum Gasteiger partial charge on any atom is 0.323 e. The van der Waals surface area contributed by atoms with E-state index in [2.05, 4.69) is 20.3 Å². The Balaban J connectivity index is 1.35. The number of nitrogens with two attached hydrogens (primary N) is 1. The molecular weight excluding hydrogens is 600 g/mol. The number of aromatic nitrogens is 1. The number of carboxylic acids is 1. The first-order valence-corrected chi connectivity index (χ1v) is 16.8. The van der Waals surface area contributed by atoms with Crippen LogP contribution in [0.4, 0.5) is 4.79 Å². The topological polar surface area (TPSA) is 193 Å². The van der Waals surface area contributed by atoms with Crippen molar-refractivity contribution in [2.45, 2.75) is 94.5 Å². The van der Waals surface area contributed by atoms with E-state index in [0.29, 0.717) is 23.2 Å². The van der Waals surface area contributed by atoms with Crippen LogP contribution in [0.1, 0.15) is 67.0 Å². The Morgan fingerprint density at radius 1 is 1.11 bits per heavy atom. The number of nitrogens with one attached hydrogen (secondary N) is 3. The third-order valence-electron chi connectivity index (χ3n) is 8.36. The summed E-state index contributed by atoms with van der Waals surface area (Å²) in [5.74, 6) is -2.07. The van der Waals surface area contributed by atoms with Crippen molar-refractivity contribution in [3.63, 3.8) is 0 Å². The van der Waals surface area contributed by atoms with E-state index in [-0.39, 0.29) is 23.5 Å². The Morgan fingerprint density at radius 2 is 1.80 bits per heavy atom. The van der Waals surface area contributed by atoms with E-state index < -0.39 is 59.3 Å². The zero-order chi connectivity index (χ0) is 32.7. The quantitative estimate of drug-likeness (QED) is 0.230. The number of ether oxygens (including phenoxy) is 1. The molecule has 4 rings (SSSR count). The first-order chi connectivity index (χ1) is 21.4. The number of nitrogens with zero attached hydrogens (tertiary/aromatic N) is 2. The summed E-state index contributed by atoms with van der Waals surface area (Å²) >= 11 is 0. The number of carbonyl (C=O) groups is 3. The second-order valence-electron chi connectivity index (χ2n) is 12.0. The van der Waals surface area contributed by atoms with Gasteiger partial charge in [0.05, 0.1) is 28.8 Å². The molecule has 0 radical (unpaired) electrons. The average molecular weight is 645 g/mol. The second-order valence-corrected chi connectivity index (χ2v) is 13.6. The highest BCUT2D eigenvalue weighted by Crippen LogP contribution is 2.29. The number of aryl methyl sites for hydroxylation is 3. The van der Waals surface area contributed by atoms with E-state index in [1.165, 1.54) is 0 Å². The van der Waals surface area contributed by atoms with Gasteiger partial charge in [0.25, 0.3) is 0 Å². The highest BCUT2D eigenvalue weighted by Gasteiger charge is 2.41. The lowest BCUT2D eigenvalue weighted by Gasteiger charge is -2.31. The number of hydrogen-bond acceptors (Lipinski definition) is 8. The zero-order valence-electron chi connectivity index (χ0n) is 26.0. The molecule has 4 atom stereocenters. The van der Waals surface area contributed by atoms with Crippen molar-refractivity contribution < 1.29 is 32.6 Å². The van der Waals surface area contributed by atoms with Crippen molar-refractivity contribution in [2.75, 3.05) is 19.7 Å². The molecule has 0 spiro atoms. The smallest absolute Gasteiger partial charge is 0.323 e. The lowest BCUT2D eigenvalue weighted by atomic mass is 9.95. The third kappa shape index (κ3) is 9.00. The maximum absolute atomic E-state index is 13.4. The van der Waals surface area contributed by atoms with E-state index >= 15 is 0 Å². The molecule has 1 saturated heterocycles. The van der Waals surface area contributed by atoms with Crippen molar-refractivity contribution in [3.05, 3.63) is 58.9 Å². The first kappa shape index (κ1) is 34.3. The molecule has 1 aliphatic carbocycles. The van der Waals surface area contributed by atoms with Crippen LogP contribution >= 0.6 is 0 Å². The van der Waals surface area contributed by atoms with Gasteiger partial charge in [-0.3, -0.25) is 14.6 Å². The Bertz CT molecular complexity index is 1440. The molecule has 246 valence electrons. The number of amides is 3. The number of sulfonamides is 1. The number of aliphatic carboxylic acids is 1. The number of rotatable bonds is 12. The normalized spacial score (nSPS) is 20.4. The van der Waals surface area contributed by atoms with Crippen molar-refractivity contribution in [3.8, 4) is 0 Å². The minimum absolute atomic E-state index is 0.00536. The van der Waals surface area contributed by atoms with Crippen LogP contribution in [-0.4, -0.2) is 85.2 Å². The van der Waals surface area contributed by atoms with Crippen LogP contribution in [0, 0.1) is 20.8 Å². The molecule has 2 aliphatic rings. The minimum Gasteiger partial charge on any atom is -0.480 e. The van der Waals surface area contributed by atoms with Gasteiger partial charge in [-0.05, 0) is 63.3 Å². The minimum atomic E-state index is -4.19. The molecular formula is C31H44N6O7S. The summed E-state index contributed by atoms with van der Waals surface area (Å²) in [7, 11) is -4.19. The van der Waals surface area contributed by atoms with Gasteiger partial charge < -0.3 is 31.1 Å². The van der Waals surface area contributed by atoms with Gasteiger partial charge in [-0.25, -0.2) is 13.2 Å². The van der Waals surface area contributed by atoms with Gasteiger partial charge in [0, 0.05) is 25.3 Å². The summed E-state index contributed by atoms with van der Waals surface area (Å²) < 4.78 is 34.2. The molecule has 2 heterocycles. The fourth-order valence-corrected chi connectivity index (χ4v) is 7.91. The monoisotopic (exact) mass is 644 g/mol. The summed E-state index contributed by atoms with van der Waals surface area (Å²) in [5.41, 5.74) is 9.06. The van der Waals surface area contributed by atoms with Crippen molar-refractivity contribution in [1.29, 1.82) is 0 Å². The summed E-state index contributed by atoms with van der Waals surface area (Å²) in [6.07, 6.45) is 6.65. The van der Waals surface area contributed by atoms with E-state index in [1.807, 2.05) is 13.0 Å². The van der Waals surface area contributed by atoms with E-state index in [4.69, 9.17) is 10.5 Å². The van der Waals surface area contributed by atoms with E-state index in [0.717, 1.165) is 37.7 Å². The fraction of sp³-hybridized carbons (Fsp3) is 0.548. The molecule has 6 N–H and O–H groups in total. The number of pyridine rings is 1. The number of carboxylic acid groups (broad SMARTS) is 1. The van der Waals surface area contributed by atoms with Crippen molar-refractivity contribution in [2.24, 2.45) is 5.73 Å². The summed E-state index contributed by atoms with van der Waals surface area (Å²) in [6, 6.07) is 6.09. The van der Waals surface area contributed by atoms with Gasteiger partial charge in [-0.1, -0.05) is 43.0 Å². The van der Waals surface area contributed by atoms with Gasteiger partial charge in [-0.15, -0.1) is 0 Å². The van der Waals surface area contributed by atoms with Crippen LogP contribution in [0.25, 0.3) is 0 Å². The standard InChI is InChI=1S/C31H44N6O7S/c1-19-13-20(2)29(21(3)14-19)45(42,43)36-25(30(39)40)16-34-27(38)18-44-23-15-26(28(32)24-11-7-8-12-33-24)37(17-23)31(41)35-22-9-5-4-6-10-22/h7-8,11-14,22-23,25-26,28,36H,4-6,9-10,15-18,32H2,1-3H3,(H,34,38)(H,35,41)(H,39,40). The van der Waals surface area contributed by atoms with Crippen LogP contribution in [-0.2, 0) is 24.3 Å². The van der Waals surface area contributed by atoms with Gasteiger partial charge in [0.2, 0.25) is 15.9 Å². The summed E-state index contributed by atoms with van der Waals surface area (Å²) in [5, 5.41) is 15.3.